The van der Waals surface area contributed by atoms with Crippen LogP contribution in [0.2, 0.25) is 0 Å². The summed E-state index contributed by atoms with van der Waals surface area (Å²) in [6, 6.07) is 10.0. The number of methoxy groups -OCH3 is 1. The molecule has 6 heteroatoms. The molecule has 0 bridgehead atoms. The van der Waals surface area contributed by atoms with Crippen molar-refractivity contribution in [2.45, 2.75) is 0 Å². The number of rotatable bonds is 3. The molecule has 1 heterocycles. The second-order valence-corrected chi connectivity index (χ2v) is 3.78. The molecule has 2 aromatic rings. The summed E-state index contributed by atoms with van der Waals surface area (Å²) in [6.45, 7) is 0. The van der Waals surface area contributed by atoms with Crippen LogP contribution in [0.3, 0.4) is 0 Å². The maximum absolute atomic E-state index is 11.7. The SMILES string of the molecule is COc1cccc(NC(=O)Nc2ccc(N)nc2)c1. The van der Waals surface area contributed by atoms with Gasteiger partial charge in [0.2, 0.25) is 0 Å². The smallest absolute Gasteiger partial charge is 0.323 e. The van der Waals surface area contributed by atoms with Gasteiger partial charge in [-0.1, -0.05) is 6.07 Å². The number of nitrogen functional groups attached to an aromatic ring is 1. The predicted octanol–water partition coefficient (Wildman–Crippen LogP) is 2.32. The average molecular weight is 258 g/mol. The standard InChI is InChI=1S/C13H14N4O2/c1-19-11-4-2-3-9(7-11)16-13(18)17-10-5-6-12(14)15-8-10/h2-8H,1H3,(H2,14,15)(H2,16,17,18). The van der Waals surface area contributed by atoms with Gasteiger partial charge >= 0.3 is 6.03 Å². The Labute approximate surface area is 110 Å². The van der Waals surface area contributed by atoms with Crippen LogP contribution in [0.15, 0.2) is 42.6 Å². The minimum atomic E-state index is -0.361. The number of urea groups is 1. The van der Waals surface area contributed by atoms with Crippen molar-refractivity contribution in [2.24, 2.45) is 0 Å². The molecule has 0 fully saturated rings. The van der Waals surface area contributed by atoms with E-state index in [1.54, 1.807) is 43.5 Å². The highest BCUT2D eigenvalue weighted by Gasteiger charge is 2.03. The van der Waals surface area contributed by atoms with Crippen LogP contribution < -0.4 is 21.1 Å². The Morgan fingerprint density at radius 1 is 1.21 bits per heavy atom. The zero-order valence-electron chi connectivity index (χ0n) is 10.4. The lowest BCUT2D eigenvalue weighted by molar-refractivity contribution is 0.262. The molecule has 0 saturated carbocycles. The lowest BCUT2D eigenvalue weighted by Crippen LogP contribution is -2.19. The normalized spacial score (nSPS) is 9.74. The largest absolute Gasteiger partial charge is 0.497 e. The number of anilines is 3. The number of carbonyl (C=O) groups is 1. The van der Waals surface area contributed by atoms with Gasteiger partial charge in [0.15, 0.2) is 0 Å². The van der Waals surface area contributed by atoms with Crippen molar-refractivity contribution >= 4 is 23.2 Å². The van der Waals surface area contributed by atoms with Gasteiger partial charge in [0.05, 0.1) is 19.0 Å². The number of benzene rings is 1. The van der Waals surface area contributed by atoms with E-state index in [0.717, 1.165) is 0 Å². The number of ether oxygens (including phenoxy) is 1. The summed E-state index contributed by atoms with van der Waals surface area (Å²) in [5.74, 6) is 1.07. The first-order valence-electron chi connectivity index (χ1n) is 5.61. The summed E-state index contributed by atoms with van der Waals surface area (Å²) < 4.78 is 5.07. The van der Waals surface area contributed by atoms with Crippen molar-refractivity contribution in [3.8, 4) is 5.75 Å². The fourth-order valence-corrected chi connectivity index (χ4v) is 1.47. The number of hydrogen-bond donors (Lipinski definition) is 3. The van der Waals surface area contributed by atoms with E-state index >= 15 is 0 Å². The topological polar surface area (TPSA) is 89.3 Å². The predicted molar refractivity (Wildman–Crippen MR) is 74.3 cm³/mol. The first-order valence-corrected chi connectivity index (χ1v) is 5.61. The number of nitrogens with two attached hydrogens (primary N) is 1. The fraction of sp³-hybridized carbons (Fsp3) is 0.0769. The number of hydrogen-bond acceptors (Lipinski definition) is 4. The second-order valence-electron chi connectivity index (χ2n) is 3.78. The van der Waals surface area contributed by atoms with Crippen molar-refractivity contribution < 1.29 is 9.53 Å². The van der Waals surface area contributed by atoms with E-state index in [9.17, 15) is 4.79 Å². The van der Waals surface area contributed by atoms with Crippen molar-refractivity contribution in [3.05, 3.63) is 42.6 Å². The third-order valence-corrected chi connectivity index (χ3v) is 2.37. The van der Waals surface area contributed by atoms with E-state index in [2.05, 4.69) is 15.6 Å². The Kier molecular flexibility index (Phi) is 3.82. The number of pyridine rings is 1. The summed E-state index contributed by atoms with van der Waals surface area (Å²) in [5, 5.41) is 5.34. The Morgan fingerprint density at radius 3 is 2.68 bits per heavy atom. The third kappa shape index (κ3) is 3.60. The number of carbonyl (C=O) groups excluding carboxylic acids is 1. The van der Waals surface area contributed by atoms with Crippen LogP contribution >= 0.6 is 0 Å². The molecule has 19 heavy (non-hydrogen) atoms. The Bertz CT molecular complexity index is 569. The minimum absolute atomic E-state index is 0.361. The van der Waals surface area contributed by atoms with Crippen LogP contribution in [0.25, 0.3) is 0 Å². The summed E-state index contributed by atoms with van der Waals surface area (Å²) >= 11 is 0. The van der Waals surface area contributed by atoms with E-state index in [1.807, 2.05) is 0 Å². The maximum Gasteiger partial charge on any atom is 0.323 e. The number of aromatic nitrogens is 1. The van der Waals surface area contributed by atoms with Gasteiger partial charge < -0.3 is 21.1 Å². The van der Waals surface area contributed by atoms with Crippen LogP contribution in [0.5, 0.6) is 5.75 Å². The zero-order valence-corrected chi connectivity index (χ0v) is 10.4. The van der Waals surface area contributed by atoms with Crippen molar-refractivity contribution in [1.29, 1.82) is 0 Å². The molecule has 0 atom stereocenters. The number of amides is 2. The number of nitrogens with one attached hydrogen (secondary N) is 2. The molecule has 0 unspecified atom stereocenters. The molecule has 98 valence electrons. The lowest BCUT2D eigenvalue weighted by atomic mass is 10.3. The van der Waals surface area contributed by atoms with E-state index in [1.165, 1.54) is 6.20 Å². The third-order valence-electron chi connectivity index (χ3n) is 2.37. The molecule has 2 rings (SSSR count). The molecule has 6 nitrogen and oxygen atoms in total. The Balaban J connectivity index is 1.99. The Morgan fingerprint density at radius 2 is 2.00 bits per heavy atom. The molecule has 0 spiro atoms. The van der Waals surface area contributed by atoms with Gasteiger partial charge in [-0.15, -0.1) is 0 Å². The van der Waals surface area contributed by atoms with E-state index in [0.29, 0.717) is 22.9 Å². The van der Waals surface area contributed by atoms with Gasteiger partial charge in [-0.3, -0.25) is 0 Å². The van der Waals surface area contributed by atoms with Crippen LogP contribution in [0.4, 0.5) is 22.0 Å². The minimum Gasteiger partial charge on any atom is -0.497 e. The summed E-state index contributed by atoms with van der Waals surface area (Å²) in [4.78, 5) is 15.6. The van der Waals surface area contributed by atoms with Gasteiger partial charge in [0, 0.05) is 11.8 Å². The van der Waals surface area contributed by atoms with Crippen molar-refractivity contribution in [2.75, 3.05) is 23.5 Å². The molecule has 0 aliphatic carbocycles. The summed E-state index contributed by atoms with van der Waals surface area (Å²) in [7, 11) is 1.57. The zero-order chi connectivity index (χ0) is 13.7. The van der Waals surface area contributed by atoms with Gasteiger partial charge in [-0.05, 0) is 24.3 Å². The molecular formula is C13H14N4O2. The molecule has 0 radical (unpaired) electrons. The van der Waals surface area contributed by atoms with Crippen LogP contribution in [0.1, 0.15) is 0 Å². The quantitative estimate of drug-likeness (QED) is 0.788. The molecular weight excluding hydrogens is 244 g/mol. The molecule has 1 aromatic heterocycles. The lowest BCUT2D eigenvalue weighted by Gasteiger charge is -2.08. The van der Waals surface area contributed by atoms with E-state index in [4.69, 9.17) is 10.5 Å². The molecule has 1 aromatic carbocycles. The van der Waals surface area contributed by atoms with Gasteiger partial charge in [0.1, 0.15) is 11.6 Å². The highest BCUT2D eigenvalue weighted by atomic mass is 16.5. The van der Waals surface area contributed by atoms with Crippen molar-refractivity contribution in [3.63, 3.8) is 0 Å². The van der Waals surface area contributed by atoms with Gasteiger partial charge in [-0.2, -0.15) is 0 Å². The molecule has 2 amide bonds. The van der Waals surface area contributed by atoms with E-state index in [-0.39, 0.29) is 6.03 Å². The van der Waals surface area contributed by atoms with Gasteiger partial charge in [0.25, 0.3) is 0 Å². The van der Waals surface area contributed by atoms with Crippen LogP contribution in [0, 0.1) is 0 Å². The highest BCUT2D eigenvalue weighted by Crippen LogP contribution is 2.17. The fourth-order valence-electron chi connectivity index (χ4n) is 1.47. The van der Waals surface area contributed by atoms with Crippen LogP contribution in [-0.2, 0) is 0 Å². The van der Waals surface area contributed by atoms with Gasteiger partial charge in [-0.25, -0.2) is 9.78 Å². The molecule has 0 saturated heterocycles. The first kappa shape index (κ1) is 12.7. The number of nitrogens with zero attached hydrogens (tertiary/aromatic N) is 1. The molecule has 0 aliphatic heterocycles. The maximum atomic E-state index is 11.7. The molecule has 0 aliphatic rings. The van der Waals surface area contributed by atoms with Crippen molar-refractivity contribution in [1.82, 2.24) is 4.98 Å². The monoisotopic (exact) mass is 258 g/mol. The average Bonchev–Trinajstić information content (AvgIpc) is 2.41. The van der Waals surface area contributed by atoms with E-state index < -0.39 is 0 Å². The Hall–Kier alpha value is -2.76. The van der Waals surface area contributed by atoms with Crippen LogP contribution in [-0.4, -0.2) is 18.1 Å². The summed E-state index contributed by atoms with van der Waals surface area (Å²) in [5.41, 5.74) is 6.66. The molecule has 4 N–H and O–H groups in total. The summed E-state index contributed by atoms with van der Waals surface area (Å²) in [6.07, 6.45) is 1.49. The highest BCUT2D eigenvalue weighted by molar-refractivity contribution is 5.99. The first-order chi connectivity index (χ1) is 9.17. The second kappa shape index (κ2) is 5.72.